The maximum absolute atomic E-state index is 12.7. The summed E-state index contributed by atoms with van der Waals surface area (Å²) >= 11 is 0. The van der Waals surface area contributed by atoms with Crippen LogP contribution < -0.4 is 10.0 Å². The zero-order valence-corrected chi connectivity index (χ0v) is 18.3. The molecule has 30 heavy (non-hydrogen) atoms. The Labute approximate surface area is 179 Å². The number of amides is 1. The van der Waals surface area contributed by atoms with Crippen molar-refractivity contribution in [3.05, 3.63) is 65.7 Å². The van der Waals surface area contributed by atoms with Gasteiger partial charge in [-0.25, -0.2) is 13.1 Å². The maximum Gasteiger partial charge on any atom is 0.251 e. The van der Waals surface area contributed by atoms with Crippen LogP contribution in [0.25, 0.3) is 0 Å². The molecule has 0 aromatic heterocycles. The van der Waals surface area contributed by atoms with Crippen molar-refractivity contribution in [1.82, 2.24) is 14.9 Å². The number of likely N-dealkylation sites (tertiary alicyclic amines) is 1. The normalized spacial score (nSPS) is 15.8. The number of rotatable bonds is 9. The van der Waals surface area contributed by atoms with Crippen LogP contribution in [0.1, 0.15) is 48.5 Å². The van der Waals surface area contributed by atoms with Gasteiger partial charge in [0.05, 0.1) is 4.90 Å². The molecule has 6 nitrogen and oxygen atoms in total. The molecule has 3 rings (SSSR count). The van der Waals surface area contributed by atoms with Gasteiger partial charge in [-0.15, -0.1) is 0 Å². The van der Waals surface area contributed by atoms with Crippen LogP contribution in [-0.4, -0.2) is 44.9 Å². The number of hydrogen-bond donors (Lipinski definition) is 2. The average Bonchev–Trinajstić information content (AvgIpc) is 2.78. The summed E-state index contributed by atoms with van der Waals surface area (Å²) in [6.45, 7) is 5.49. The molecule has 2 N–H and O–H groups in total. The largest absolute Gasteiger partial charge is 0.349 e. The van der Waals surface area contributed by atoms with Crippen LogP contribution in [0.4, 0.5) is 0 Å². The Kier molecular flexibility index (Phi) is 8.01. The summed E-state index contributed by atoms with van der Waals surface area (Å²) < 4.78 is 27.9. The van der Waals surface area contributed by atoms with Crippen molar-refractivity contribution < 1.29 is 13.2 Å². The molecule has 0 bridgehead atoms. The predicted molar refractivity (Wildman–Crippen MR) is 119 cm³/mol. The molecule has 0 atom stereocenters. The van der Waals surface area contributed by atoms with Gasteiger partial charge in [-0.3, -0.25) is 4.79 Å². The summed E-state index contributed by atoms with van der Waals surface area (Å²) in [5.74, 6) is -0.220. The lowest BCUT2D eigenvalue weighted by atomic mass is 10.0. The Bertz CT molecular complexity index is 924. The van der Waals surface area contributed by atoms with Crippen LogP contribution in [0.15, 0.2) is 59.5 Å². The Morgan fingerprint density at radius 1 is 1.07 bits per heavy atom. The molecule has 162 valence electrons. The predicted octanol–water partition coefficient (Wildman–Crippen LogP) is 3.16. The van der Waals surface area contributed by atoms with Crippen LogP contribution >= 0.6 is 0 Å². The summed E-state index contributed by atoms with van der Waals surface area (Å²) in [5, 5.41) is 3.07. The van der Waals surface area contributed by atoms with Gasteiger partial charge in [-0.1, -0.05) is 49.7 Å². The molecular weight excluding hydrogens is 398 g/mol. The molecule has 1 amide bonds. The van der Waals surface area contributed by atoms with E-state index in [0.29, 0.717) is 5.56 Å². The van der Waals surface area contributed by atoms with Crippen molar-refractivity contribution in [2.45, 2.75) is 50.1 Å². The Hall–Kier alpha value is -2.22. The number of hydrogen-bond acceptors (Lipinski definition) is 4. The molecule has 2 aromatic carbocycles. The summed E-state index contributed by atoms with van der Waals surface area (Å²) in [4.78, 5) is 15.2. The third-order valence-electron chi connectivity index (χ3n) is 5.47. The van der Waals surface area contributed by atoms with E-state index in [0.717, 1.165) is 38.0 Å². The highest BCUT2D eigenvalue weighted by atomic mass is 32.2. The third-order valence-corrected chi connectivity index (χ3v) is 6.87. The van der Waals surface area contributed by atoms with Gasteiger partial charge in [0, 0.05) is 31.2 Å². The van der Waals surface area contributed by atoms with Crippen LogP contribution in [-0.2, 0) is 16.6 Å². The molecule has 0 unspecified atom stereocenters. The second kappa shape index (κ2) is 10.7. The highest BCUT2D eigenvalue weighted by Gasteiger charge is 2.22. The number of benzene rings is 2. The molecule has 1 heterocycles. The van der Waals surface area contributed by atoms with E-state index >= 15 is 0 Å². The van der Waals surface area contributed by atoms with E-state index in [1.54, 1.807) is 12.1 Å². The molecule has 2 aromatic rings. The topological polar surface area (TPSA) is 78.5 Å². The lowest BCUT2D eigenvalue weighted by molar-refractivity contribution is 0.0910. The van der Waals surface area contributed by atoms with Crippen molar-refractivity contribution in [1.29, 1.82) is 0 Å². The SMILES string of the molecule is CCCCN1CCC(NC(=O)c2cccc(S(=O)(=O)NCc3ccccc3)c2)CC1. The molecule has 1 aliphatic rings. The minimum Gasteiger partial charge on any atom is -0.349 e. The average molecular weight is 430 g/mol. The molecule has 1 saturated heterocycles. The first kappa shape index (κ1) is 22.5. The van der Waals surface area contributed by atoms with Crippen molar-refractivity contribution in [3.63, 3.8) is 0 Å². The smallest absolute Gasteiger partial charge is 0.251 e. The van der Waals surface area contributed by atoms with E-state index in [-0.39, 0.29) is 23.4 Å². The molecule has 1 aliphatic heterocycles. The van der Waals surface area contributed by atoms with Gasteiger partial charge in [0.2, 0.25) is 10.0 Å². The Balaban J connectivity index is 1.57. The minimum atomic E-state index is -3.70. The van der Waals surface area contributed by atoms with Crippen molar-refractivity contribution >= 4 is 15.9 Å². The van der Waals surface area contributed by atoms with Gasteiger partial charge in [-0.2, -0.15) is 0 Å². The van der Waals surface area contributed by atoms with Gasteiger partial charge in [0.1, 0.15) is 0 Å². The highest BCUT2D eigenvalue weighted by molar-refractivity contribution is 7.89. The number of nitrogens with zero attached hydrogens (tertiary/aromatic N) is 1. The lowest BCUT2D eigenvalue weighted by Crippen LogP contribution is -2.44. The molecule has 1 fully saturated rings. The molecule has 0 aliphatic carbocycles. The third kappa shape index (κ3) is 6.39. The van der Waals surface area contributed by atoms with Crippen LogP contribution in [0.3, 0.4) is 0 Å². The van der Waals surface area contributed by atoms with Crippen molar-refractivity contribution in [2.75, 3.05) is 19.6 Å². The molecule has 0 saturated carbocycles. The standard InChI is InChI=1S/C23H31N3O3S/c1-2-3-14-26-15-12-21(13-16-26)25-23(27)20-10-7-11-22(17-20)30(28,29)24-18-19-8-5-4-6-9-19/h4-11,17,21,24H,2-3,12-16,18H2,1H3,(H,25,27). The highest BCUT2D eigenvalue weighted by Crippen LogP contribution is 2.15. The van der Waals surface area contributed by atoms with Gasteiger partial charge in [-0.05, 0) is 49.6 Å². The van der Waals surface area contributed by atoms with E-state index in [1.165, 1.54) is 25.0 Å². The number of carbonyl (C=O) groups excluding carboxylic acids is 1. The first-order valence-electron chi connectivity index (χ1n) is 10.6. The van der Waals surface area contributed by atoms with Gasteiger partial charge >= 0.3 is 0 Å². The molecule has 7 heteroatoms. The second-order valence-corrected chi connectivity index (χ2v) is 9.55. The van der Waals surface area contributed by atoms with Crippen molar-refractivity contribution in [3.8, 4) is 0 Å². The minimum absolute atomic E-state index is 0.0977. The second-order valence-electron chi connectivity index (χ2n) is 7.78. The first-order chi connectivity index (χ1) is 14.5. The summed E-state index contributed by atoms with van der Waals surface area (Å²) in [6, 6.07) is 15.7. The van der Waals surface area contributed by atoms with Gasteiger partial charge in [0.15, 0.2) is 0 Å². The fourth-order valence-corrected chi connectivity index (χ4v) is 4.68. The Morgan fingerprint density at radius 2 is 1.80 bits per heavy atom. The lowest BCUT2D eigenvalue weighted by Gasteiger charge is -2.32. The summed E-state index contributed by atoms with van der Waals surface area (Å²) in [5.41, 5.74) is 1.24. The van der Waals surface area contributed by atoms with Crippen LogP contribution in [0.5, 0.6) is 0 Å². The molecule has 0 spiro atoms. The first-order valence-corrected chi connectivity index (χ1v) is 12.1. The number of nitrogens with one attached hydrogen (secondary N) is 2. The summed E-state index contributed by atoms with van der Waals surface area (Å²) in [6.07, 6.45) is 4.24. The number of unbranched alkanes of at least 4 members (excludes halogenated alkanes) is 1. The zero-order chi connectivity index (χ0) is 21.4. The monoisotopic (exact) mass is 429 g/mol. The summed E-state index contributed by atoms with van der Waals surface area (Å²) in [7, 11) is -3.70. The van der Waals surface area contributed by atoms with Gasteiger partial charge in [0.25, 0.3) is 5.91 Å². The molecular formula is C23H31N3O3S. The zero-order valence-electron chi connectivity index (χ0n) is 17.5. The number of carbonyl (C=O) groups is 1. The van der Waals surface area contributed by atoms with E-state index in [9.17, 15) is 13.2 Å². The van der Waals surface area contributed by atoms with E-state index in [1.807, 2.05) is 30.3 Å². The fourth-order valence-electron chi connectivity index (χ4n) is 3.61. The van der Waals surface area contributed by atoms with E-state index < -0.39 is 10.0 Å². The van der Waals surface area contributed by atoms with Crippen LogP contribution in [0, 0.1) is 0 Å². The molecule has 0 radical (unpaired) electrons. The Morgan fingerprint density at radius 3 is 2.50 bits per heavy atom. The van der Waals surface area contributed by atoms with Crippen molar-refractivity contribution in [2.24, 2.45) is 0 Å². The quantitative estimate of drug-likeness (QED) is 0.642. The van der Waals surface area contributed by atoms with Gasteiger partial charge < -0.3 is 10.2 Å². The van der Waals surface area contributed by atoms with E-state index in [4.69, 9.17) is 0 Å². The van der Waals surface area contributed by atoms with E-state index in [2.05, 4.69) is 21.9 Å². The maximum atomic E-state index is 12.7. The van der Waals surface area contributed by atoms with Crippen LogP contribution in [0.2, 0.25) is 0 Å². The fraction of sp³-hybridized carbons (Fsp3) is 0.435. The number of sulfonamides is 1. The number of piperidine rings is 1.